The fourth-order valence-corrected chi connectivity index (χ4v) is 2.46. The van der Waals surface area contributed by atoms with Gasteiger partial charge in [-0.05, 0) is 12.8 Å². The molecule has 0 saturated heterocycles. The third-order valence-electron chi connectivity index (χ3n) is 3.45. The molecule has 0 aliphatic heterocycles. The van der Waals surface area contributed by atoms with Crippen molar-refractivity contribution < 1.29 is 14.5 Å². The molecule has 102 valence electrons. The van der Waals surface area contributed by atoms with Crippen LogP contribution in [-0.4, -0.2) is 46.8 Å². The molecule has 1 aliphatic carbocycles. The van der Waals surface area contributed by atoms with Gasteiger partial charge in [-0.3, -0.25) is 19.7 Å². The fraction of sp³-hybridized carbons (Fsp3) is 0.818. The first-order valence-corrected chi connectivity index (χ1v) is 5.97. The van der Waals surface area contributed by atoms with Crippen LogP contribution < -0.4 is 5.32 Å². The van der Waals surface area contributed by atoms with Crippen LogP contribution in [0.15, 0.2) is 0 Å². The van der Waals surface area contributed by atoms with Crippen LogP contribution in [0.2, 0.25) is 0 Å². The van der Waals surface area contributed by atoms with Gasteiger partial charge < -0.3 is 10.2 Å². The molecular formula is C11H19N3O4. The largest absolute Gasteiger partial charge is 0.353 e. The first-order valence-electron chi connectivity index (χ1n) is 5.97. The van der Waals surface area contributed by atoms with E-state index in [4.69, 9.17) is 0 Å². The zero-order valence-corrected chi connectivity index (χ0v) is 10.9. The molecular weight excluding hydrogens is 238 g/mol. The SMILES string of the molecule is CC(=O)NC1CCC(N(C)C(C)=O)C([N+](=O)[O-])C1. The van der Waals surface area contributed by atoms with E-state index in [1.165, 1.54) is 18.7 Å². The summed E-state index contributed by atoms with van der Waals surface area (Å²) in [5.41, 5.74) is 0. The van der Waals surface area contributed by atoms with Gasteiger partial charge in [-0.15, -0.1) is 0 Å². The molecule has 0 heterocycles. The number of carbonyl (C=O) groups is 2. The maximum absolute atomic E-state index is 11.3. The lowest BCUT2D eigenvalue weighted by molar-refractivity contribution is -0.533. The van der Waals surface area contributed by atoms with E-state index in [-0.39, 0.29) is 35.2 Å². The van der Waals surface area contributed by atoms with Crippen molar-refractivity contribution in [3.05, 3.63) is 10.1 Å². The van der Waals surface area contributed by atoms with E-state index in [0.717, 1.165) is 0 Å². The van der Waals surface area contributed by atoms with Crippen molar-refractivity contribution in [2.45, 2.75) is 51.2 Å². The molecule has 2 amide bonds. The molecule has 0 bridgehead atoms. The standard InChI is InChI=1S/C11H19N3O4/c1-7(15)12-9-4-5-10(13(3)8(2)16)11(6-9)14(17)18/h9-11H,4-6H2,1-3H3,(H,12,15). The minimum Gasteiger partial charge on any atom is -0.353 e. The van der Waals surface area contributed by atoms with Crippen molar-refractivity contribution in [1.29, 1.82) is 0 Å². The summed E-state index contributed by atoms with van der Waals surface area (Å²) in [6.07, 6.45) is 1.47. The first kappa shape index (κ1) is 14.4. The summed E-state index contributed by atoms with van der Waals surface area (Å²) in [5.74, 6) is -0.356. The average molecular weight is 257 g/mol. The number of carbonyl (C=O) groups excluding carboxylic acids is 2. The van der Waals surface area contributed by atoms with Crippen molar-refractivity contribution in [2.75, 3.05) is 7.05 Å². The van der Waals surface area contributed by atoms with Crippen LogP contribution in [0.3, 0.4) is 0 Å². The average Bonchev–Trinajstić information content (AvgIpc) is 2.26. The van der Waals surface area contributed by atoms with Crippen molar-refractivity contribution in [2.24, 2.45) is 0 Å². The van der Waals surface area contributed by atoms with Crippen LogP contribution in [0.5, 0.6) is 0 Å². The summed E-state index contributed by atoms with van der Waals surface area (Å²) in [5, 5.41) is 13.8. The molecule has 18 heavy (non-hydrogen) atoms. The molecule has 3 unspecified atom stereocenters. The summed E-state index contributed by atoms with van der Waals surface area (Å²) in [6.45, 7) is 2.80. The third kappa shape index (κ3) is 3.41. The maximum atomic E-state index is 11.3. The Bertz CT molecular complexity index is 358. The van der Waals surface area contributed by atoms with Gasteiger partial charge in [0.25, 0.3) is 0 Å². The van der Waals surface area contributed by atoms with E-state index in [9.17, 15) is 19.7 Å². The highest BCUT2D eigenvalue weighted by Gasteiger charge is 2.41. The highest BCUT2D eigenvalue weighted by molar-refractivity contribution is 5.74. The number of nitrogens with one attached hydrogen (secondary N) is 1. The molecule has 1 rings (SSSR count). The Morgan fingerprint density at radius 3 is 2.39 bits per heavy atom. The molecule has 0 aromatic heterocycles. The second kappa shape index (κ2) is 5.79. The quantitative estimate of drug-likeness (QED) is 0.576. The van der Waals surface area contributed by atoms with Crippen LogP contribution in [-0.2, 0) is 9.59 Å². The monoisotopic (exact) mass is 257 g/mol. The van der Waals surface area contributed by atoms with Gasteiger partial charge in [0.1, 0.15) is 0 Å². The predicted molar refractivity (Wildman–Crippen MR) is 64.5 cm³/mol. The minimum absolute atomic E-state index is 0.172. The normalized spacial score (nSPS) is 27.4. The Balaban J connectivity index is 2.75. The Labute approximate surface area is 106 Å². The van der Waals surface area contributed by atoms with E-state index in [1.807, 2.05) is 0 Å². The van der Waals surface area contributed by atoms with Crippen LogP contribution in [0, 0.1) is 10.1 Å². The minimum atomic E-state index is -0.815. The van der Waals surface area contributed by atoms with E-state index < -0.39 is 6.04 Å². The molecule has 0 spiro atoms. The number of hydrogen-bond acceptors (Lipinski definition) is 4. The Morgan fingerprint density at radius 2 is 1.94 bits per heavy atom. The van der Waals surface area contributed by atoms with Crippen LogP contribution in [0.1, 0.15) is 33.1 Å². The van der Waals surface area contributed by atoms with E-state index in [0.29, 0.717) is 12.8 Å². The van der Waals surface area contributed by atoms with Gasteiger partial charge in [-0.1, -0.05) is 0 Å². The fourth-order valence-electron chi connectivity index (χ4n) is 2.46. The second-order valence-corrected chi connectivity index (χ2v) is 4.76. The van der Waals surface area contributed by atoms with Gasteiger partial charge in [0.05, 0.1) is 6.04 Å². The summed E-state index contributed by atoms with van der Waals surface area (Å²) in [6, 6.07) is -1.37. The number of nitro groups is 1. The van der Waals surface area contributed by atoms with Crippen LogP contribution >= 0.6 is 0 Å². The molecule has 1 aliphatic rings. The molecule has 7 nitrogen and oxygen atoms in total. The Morgan fingerprint density at radius 1 is 1.33 bits per heavy atom. The van der Waals surface area contributed by atoms with Crippen molar-refractivity contribution in [1.82, 2.24) is 10.2 Å². The van der Waals surface area contributed by atoms with Crippen molar-refractivity contribution >= 4 is 11.8 Å². The summed E-state index contributed by atoms with van der Waals surface area (Å²) < 4.78 is 0. The van der Waals surface area contributed by atoms with Crippen molar-refractivity contribution in [3.63, 3.8) is 0 Å². The molecule has 7 heteroatoms. The molecule has 0 aromatic carbocycles. The number of amides is 2. The Hall–Kier alpha value is -1.66. The number of hydrogen-bond donors (Lipinski definition) is 1. The Kier molecular flexibility index (Phi) is 4.63. The highest BCUT2D eigenvalue weighted by Crippen LogP contribution is 2.25. The van der Waals surface area contributed by atoms with Gasteiger partial charge in [0, 0.05) is 38.3 Å². The van der Waals surface area contributed by atoms with Crippen molar-refractivity contribution in [3.8, 4) is 0 Å². The first-order chi connectivity index (χ1) is 8.32. The van der Waals surface area contributed by atoms with Gasteiger partial charge in [0.15, 0.2) is 0 Å². The maximum Gasteiger partial charge on any atom is 0.235 e. The highest BCUT2D eigenvalue weighted by atomic mass is 16.6. The van der Waals surface area contributed by atoms with Gasteiger partial charge in [0.2, 0.25) is 17.9 Å². The topological polar surface area (TPSA) is 92.6 Å². The van der Waals surface area contributed by atoms with Crippen LogP contribution in [0.4, 0.5) is 0 Å². The zero-order valence-electron chi connectivity index (χ0n) is 10.9. The summed E-state index contributed by atoms with van der Waals surface area (Å²) >= 11 is 0. The lowest BCUT2D eigenvalue weighted by atomic mass is 9.86. The predicted octanol–water partition coefficient (Wildman–Crippen LogP) is 0.167. The molecule has 0 radical (unpaired) electrons. The van der Waals surface area contributed by atoms with E-state index >= 15 is 0 Å². The van der Waals surface area contributed by atoms with Gasteiger partial charge in [-0.2, -0.15) is 0 Å². The van der Waals surface area contributed by atoms with Gasteiger partial charge in [-0.25, -0.2) is 0 Å². The molecule has 0 aromatic rings. The lowest BCUT2D eigenvalue weighted by Gasteiger charge is -2.36. The smallest absolute Gasteiger partial charge is 0.235 e. The molecule has 1 fully saturated rings. The van der Waals surface area contributed by atoms with Crippen LogP contribution in [0.25, 0.3) is 0 Å². The number of rotatable bonds is 3. The molecule has 1 saturated carbocycles. The summed E-state index contributed by atoms with van der Waals surface area (Å²) in [4.78, 5) is 34.4. The third-order valence-corrected chi connectivity index (χ3v) is 3.45. The zero-order chi connectivity index (χ0) is 13.9. The lowest BCUT2D eigenvalue weighted by Crippen LogP contribution is -2.54. The second-order valence-electron chi connectivity index (χ2n) is 4.76. The van der Waals surface area contributed by atoms with E-state index in [2.05, 4.69) is 5.32 Å². The van der Waals surface area contributed by atoms with Gasteiger partial charge >= 0.3 is 0 Å². The molecule has 3 atom stereocenters. The van der Waals surface area contributed by atoms with E-state index in [1.54, 1.807) is 7.05 Å². The number of likely N-dealkylation sites (N-methyl/N-ethyl adjacent to an activating group) is 1. The number of nitrogens with zero attached hydrogens (tertiary/aromatic N) is 2. The summed E-state index contributed by atoms with van der Waals surface area (Å²) in [7, 11) is 1.59. The molecule has 1 N–H and O–H groups in total.